The second-order valence-electron chi connectivity index (χ2n) is 4.47. The quantitative estimate of drug-likeness (QED) is 0.792. The third-order valence-electron chi connectivity index (χ3n) is 3.16. The maximum Gasteiger partial charge on any atom is 0.291 e. The lowest BCUT2D eigenvalue weighted by Crippen LogP contribution is -2.49. The minimum absolute atomic E-state index is 0.0356. The topological polar surface area (TPSA) is 49.6 Å². The first-order valence-corrected chi connectivity index (χ1v) is 7.25. The average molecular weight is 316 g/mol. The van der Waals surface area contributed by atoms with Crippen LogP contribution < -0.4 is 0 Å². The van der Waals surface area contributed by atoms with Crippen LogP contribution in [0.2, 0.25) is 0 Å². The Morgan fingerprint density at radius 2 is 2.00 bits per heavy atom. The third kappa shape index (κ3) is 2.92. The van der Waals surface area contributed by atoms with Gasteiger partial charge in [-0.1, -0.05) is 15.9 Å². The fraction of sp³-hybridized carbons (Fsp3) is 0.667. The van der Waals surface area contributed by atoms with Gasteiger partial charge in [0.1, 0.15) is 0 Å². The molecule has 2 heterocycles. The summed E-state index contributed by atoms with van der Waals surface area (Å²) in [5, 5.41) is 0.974. The van der Waals surface area contributed by atoms with Crippen molar-refractivity contribution < 1.29 is 9.21 Å². The molecule has 0 bridgehead atoms. The third-order valence-corrected chi connectivity index (χ3v) is 3.51. The average Bonchev–Trinajstić information content (AvgIpc) is 2.69. The fourth-order valence-electron chi connectivity index (χ4n) is 2.17. The molecule has 0 N–H and O–H groups in total. The molecular formula is C12H18BrN3O2. The van der Waals surface area contributed by atoms with Crippen molar-refractivity contribution in [3.05, 3.63) is 17.3 Å². The molecule has 1 aromatic rings. The smallest absolute Gasteiger partial charge is 0.291 e. The van der Waals surface area contributed by atoms with E-state index in [4.69, 9.17) is 4.42 Å². The van der Waals surface area contributed by atoms with E-state index in [1.54, 1.807) is 6.92 Å². The van der Waals surface area contributed by atoms with Gasteiger partial charge in [0.05, 0.1) is 5.69 Å². The summed E-state index contributed by atoms with van der Waals surface area (Å²) in [6.07, 6.45) is 0. The molecule has 0 spiro atoms. The summed E-state index contributed by atoms with van der Waals surface area (Å²) in [5.74, 6) is 0.904. The molecule has 0 aromatic carbocycles. The van der Waals surface area contributed by atoms with Crippen molar-refractivity contribution in [1.29, 1.82) is 0 Å². The lowest BCUT2D eigenvalue weighted by atomic mass is 10.2. The van der Waals surface area contributed by atoms with Crippen LogP contribution in [0, 0.1) is 13.8 Å². The molecule has 1 fully saturated rings. The van der Waals surface area contributed by atoms with Crippen molar-refractivity contribution in [2.75, 3.05) is 38.1 Å². The Balaban J connectivity index is 1.97. The lowest BCUT2D eigenvalue weighted by molar-refractivity contribution is 0.0611. The largest absolute Gasteiger partial charge is 0.436 e. The Morgan fingerprint density at radius 1 is 1.33 bits per heavy atom. The number of halogens is 1. The maximum absolute atomic E-state index is 12.3. The van der Waals surface area contributed by atoms with Gasteiger partial charge in [-0.05, 0) is 6.92 Å². The molecule has 1 aliphatic rings. The molecule has 6 heteroatoms. The highest BCUT2D eigenvalue weighted by Crippen LogP contribution is 2.14. The van der Waals surface area contributed by atoms with Crippen molar-refractivity contribution in [2.24, 2.45) is 0 Å². The number of piperazine rings is 1. The summed E-state index contributed by atoms with van der Waals surface area (Å²) in [5.41, 5.74) is 0.681. The Labute approximate surface area is 115 Å². The molecule has 1 saturated heterocycles. The molecule has 5 nitrogen and oxygen atoms in total. The summed E-state index contributed by atoms with van der Waals surface area (Å²) in [6.45, 7) is 7.95. The van der Waals surface area contributed by atoms with E-state index in [2.05, 4.69) is 25.8 Å². The predicted octanol–water partition coefficient (Wildman–Crippen LogP) is 1.44. The van der Waals surface area contributed by atoms with Gasteiger partial charge < -0.3 is 9.32 Å². The minimum atomic E-state index is -0.0356. The zero-order valence-electron chi connectivity index (χ0n) is 10.8. The summed E-state index contributed by atoms with van der Waals surface area (Å²) < 4.78 is 5.38. The number of oxazole rings is 1. The Hall–Kier alpha value is -0.880. The van der Waals surface area contributed by atoms with Crippen LogP contribution in [0.15, 0.2) is 4.42 Å². The van der Waals surface area contributed by atoms with Gasteiger partial charge in [0.25, 0.3) is 5.91 Å². The molecule has 2 rings (SSSR count). The van der Waals surface area contributed by atoms with Gasteiger partial charge in [-0.3, -0.25) is 9.69 Å². The van der Waals surface area contributed by atoms with Crippen LogP contribution in [0.4, 0.5) is 0 Å². The number of carbonyl (C=O) groups excluding carboxylic acids is 1. The molecule has 1 aromatic heterocycles. The molecule has 0 radical (unpaired) electrons. The van der Waals surface area contributed by atoms with Gasteiger partial charge in [-0.15, -0.1) is 0 Å². The number of aromatic nitrogens is 1. The number of rotatable bonds is 3. The van der Waals surface area contributed by atoms with Gasteiger partial charge in [-0.25, -0.2) is 4.98 Å². The normalized spacial score (nSPS) is 17.2. The van der Waals surface area contributed by atoms with E-state index in [0.29, 0.717) is 17.3 Å². The first-order valence-electron chi connectivity index (χ1n) is 6.13. The molecule has 100 valence electrons. The van der Waals surface area contributed by atoms with Crippen molar-refractivity contribution in [2.45, 2.75) is 13.8 Å². The number of alkyl halides is 1. The summed E-state index contributed by atoms with van der Waals surface area (Å²) in [7, 11) is 0. The van der Waals surface area contributed by atoms with E-state index in [0.717, 1.165) is 38.1 Å². The Morgan fingerprint density at radius 3 is 2.50 bits per heavy atom. The van der Waals surface area contributed by atoms with Crippen molar-refractivity contribution in [1.82, 2.24) is 14.8 Å². The molecule has 0 atom stereocenters. The SMILES string of the molecule is Cc1nc(C)c(C(=O)N2CCN(CCBr)CC2)o1. The predicted molar refractivity (Wildman–Crippen MR) is 72.1 cm³/mol. The van der Waals surface area contributed by atoms with Crippen molar-refractivity contribution in [3.63, 3.8) is 0 Å². The van der Waals surface area contributed by atoms with Crippen molar-refractivity contribution in [3.8, 4) is 0 Å². The first-order chi connectivity index (χ1) is 8.61. The van der Waals surface area contributed by atoms with E-state index < -0.39 is 0 Å². The highest BCUT2D eigenvalue weighted by molar-refractivity contribution is 9.09. The zero-order valence-corrected chi connectivity index (χ0v) is 12.4. The van der Waals surface area contributed by atoms with E-state index in [9.17, 15) is 4.79 Å². The van der Waals surface area contributed by atoms with Crippen LogP contribution in [0.3, 0.4) is 0 Å². The lowest BCUT2D eigenvalue weighted by Gasteiger charge is -2.33. The van der Waals surface area contributed by atoms with Crippen molar-refractivity contribution >= 4 is 21.8 Å². The van der Waals surface area contributed by atoms with Gasteiger partial charge in [0.2, 0.25) is 5.76 Å². The molecular weight excluding hydrogens is 298 g/mol. The first kappa shape index (κ1) is 13.5. The summed E-state index contributed by atoms with van der Waals surface area (Å²) in [4.78, 5) is 20.6. The monoisotopic (exact) mass is 315 g/mol. The van der Waals surface area contributed by atoms with Crippen LogP contribution in [-0.4, -0.2) is 58.7 Å². The zero-order chi connectivity index (χ0) is 13.1. The van der Waals surface area contributed by atoms with Gasteiger partial charge in [0.15, 0.2) is 5.89 Å². The number of carbonyl (C=O) groups is 1. The second kappa shape index (κ2) is 5.84. The van der Waals surface area contributed by atoms with Gasteiger partial charge >= 0.3 is 0 Å². The number of hydrogen-bond donors (Lipinski definition) is 0. The fourth-order valence-corrected chi connectivity index (χ4v) is 2.67. The molecule has 0 aliphatic carbocycles. The highest BCUT2D eigenvalue weighted by atomic mass is 79.9. The van der Waals surface area contributed by atoms with E-state index in [1.807, 2.05) is 11.8 Å². The van der Waals surface area contributed by atoms with E-state index in [-0.39, 0.29) is 5.91 Å². The van der Waals surface area contributed by atoms with Gasteiger partial charge in [0, 0.05) is 45.0 Å². The number of amides is 1. The van der Waals surface area contributed by atoms with Crippen LogP contribution in [-0.2, 0) is 0 Å². The second-order valence-corrected chi connectivity index (χ2v) is 5.26. The Kier molecular flexibility index (Phi) is 4.40. The van der Waals surface area contributed by atoms with E-state index in [1.165, 1.54) is 0 Å². The van der Waals surface area contributed by atoms with Crippen LogP contribution in [0.1, 0.15) is 22.1 Å². The number of nitrogens with zero attached hydrogens (tertiary/aromatic N) is 3. The molecule has 18 heavy (non-hydrogen) atoms. The van der Waals surface area contributed by atoms with Crippen LogP contribution in [0.25, 0.3) is 0 Å². The van der Waals surface area contributed by atoms with Crippen LogP contribution in [0.5, 0.6) is 0 Å². The standard InChI is InChI=1S/C12H18BrN3O2/c1-9-11(18-10(2)14-9)12(17)16-7-5-15(4-3-13)6-8-16/h3-8H2,1-2H3. The molecule has 0 saturated carbocycles. The summed E-state index contributed by atoms with van der Waals surface area (Å²) in [6, 6.07) is 0. The maximum atomic E-state index is 12.3. The Bertz CT molecular complexity index is 425. The molecule has 1 aliphatic heterocycles. The number of aryl methyl sites for hydroxylation is 2. The van der Waals surface area contributed by atoms with Gasteiger partial charge in [-0.2, -0.15) is 0 Å². The minimum Gasteiger partial charge on any atom is -0.436 e. The highest BCUT2D eigenvalue weighted by Gasteiger charge is 2.25. The number of hydrogen-bond acceptors (Lipinski definition) is 4. The van der Waals surface area contributed by atoms with Crippen LogP contribution >= 0.6 is 15.9 Å². The van der Waals surface area contributed by atoms with E-state index >= 15 is 0 Å². The molecule has 0 unspecified atom stereocenters. The summed E-state index contributed by atoms with van der Waals surface area (Å²) >= 11 is 3.43. The molecule has 1 amide bonds.